The third kappa shape index (κ3) is 4.56. The Balaban J connectivity index is 1.61. The smallest absolute Gasteiger partial charge is 0.223 e. The van der Waals surface area contributed by atoms with E-state index >= 15 is 0 Å². The van der Waals surface area contributed by atoms with Gasteiger partial charge >= 0.3 is 0 Å². The number of hydrogen-bond acceptors (Lipinski definition) is 4. The van der Waals surface area contributed by atoms with E-state index in [1.54, 1.807) is 6.92 Å². The van der Waals surface area contributed by atoms with Gasteiger partial charge in [-0.2, -0.15) is 0 Å². The number of carbonyl (C=O) groups excluding carboxylic acids is 2. The average molecular weight is 281 g/mol. The molecule has 20 heavy (non-hydrogen) atoms. The highest BCUT2D eigenvalue weighted by molar-refractivity contribution is 5.80. The van der Waals surface area contributed by atoms with Crippen molar-refractivity contribution in [2.75, 3.05) is 39.3 Å². The number of piperazine rings is 1. The van der Waals surface area contributed by atoms with Crippen LogP contribution in [-0.4, -0.2) is 55.9 Å². The monoisotopic (exact) mass is 281 g/mol. The summed E-state index contributed by atoms with van der Waals surface area (Å²) in [6.07, 6.45) is 3.49. The van der Waals surface area contributed by atoms with Crippen LogP contribution in [0.5, 0.6) is 0 Å². The maximum absolute atomic E-state index is 12.1. The quantitative estimate of drug-likeness (QED) is 0.766. The Labute approximate surface area is 121 Å². The highest BCUT2D eigenvalue weighted by Crippen LogP contribution is 2.29. The van der Waals surface area contributed by atoms with E-state index in [2.05, 4.69) is 15.5 Å². The van der Waals surface area contributed by atoms with Gasteiger partial charge in [0.2, 0.25) is 5.91 Å². The lowest BCUT2D eigenvalue weighted by atomic mass is 9.80. The number of nitrogens with zero attached hydrogens (tertiary/aromatic N) is 1. The van der Waals surface area contributed by atoms with Crippen LogP contribution in [-0.2, 0) is 9.59 Å². The first kappa shape index (κ1) is 15.4. The van der Waals surface area contributed by atoms with Gasteiger partial charge in [0.1, 0.15) is 5.78 Å². The van der Waals surface area contributed by atoms with Crippen molar-refractivity contribution in [2.45, 2.75) is 32.6 Å². The Kier molecular flexibility index (Phi) is 5.98. The van der Waals surface area contributed by atoms with E-state index < -0.39 is 0 Å². The van der Waals surface area contributed by atoms with Gasteiger partial charge in [-0.05, 0) is 32.6 Å². The van der Waals surface area contributed by atoms with Gasteiger partial charge in [0, 0.05) is 51.1 Å². The Morgan fingerprint density at radius 3 is 2.30 bits per heavy atom. The molecule has 0 radical (unpaired) electrons. The molecule has 1 aliphatic heterocycles. The van der Waals surface area contributed by atoms with Crippen LogP contribution in [0.1, 0.15) is 32.6 Å². The highest BCUT2D eigenvalue weighted by atomic mass is 16.2. The van der Waals surface area contributed by atoms with Crippen LogP contribution < -0.4 is 10.6 Å². The molecule has 2 aliphatic rings. The van der Waals surface area contributed by atoms with E-state index in [1.165, 1.54) is 0 Å². The first-order valence-electron chi connectivity index (χ1n) is 7.88. The van der Waals surface area contributed by atoms with Crippen LogP contribution in [0.2, 0.25) is 0 Å². The summed E-state index contributed by atoms with van der Waals surface area (Å²) in [6, 6.07) is 0. The highest BCUT2D eigenvalue weighted by Gasteiger charge is 2.28. The van der Waals surface area contributed by atoms with Gasteiger partial charge in [0.25, 0.3) is 0 Å². The molecule has 0 aromatic carbocycles. The Bertz CT molecular complexity index is 332. The third-order valence-corrected chi connectivity index (χ3v) is 4.61. The predicted molar refractivity (Wildman–Crippen MR) is 78.4 cm³/mol. The molecule has 2 fully saturated rings. The number of carbonyl (C=O) groups is 2. The molecule has 0 unspecified atom stereocenters. The zero-order chi connectivity index (χ0) is 14.4. The van der Waals surface area contributed by atoms with Crippen molar-refractivity contribution in [1.82, 2.24) is 15.5 Å². The largest absolute Gasteiger partial charge is 0.355 e. The van der Waals surface area contributed by atoms with E-state index in [0.29, 0.717) is 0 Å². The molecule has 0 aromatic rings. The average Bonchev–Trinajstić information content (AvgIpc) is 2.48. The van der Waals surface area contributed by atoms with Crippen molar-refractivity contribution in [2.24, 2.45) is 11.8 Å². The number of hydrogen-bond donors (Lipinski definition) is 2. The second-order valence-electron chi connectivity index (χ2n) is 6.04. The summed E-state index contributed by atoms with van der Waals surface area (Å²) in [5.74, 6) is 0.776. The fourth-order valence-electron chi connectivity index (χ4n) is 3.18. The third-order valence-electron chi connectivity index (χ3n) is 4.61. The Morgan fingerprint density at radius 2 is 1.70 bits per heavy atom. The molecule has 1 saturated heterocycles. The zero-order valence-corrected chi connectivity index (χ0v) is 12.5. The molecular formula is C15H27N3O2. The summed E-state index contributed by atoms with van der Waals surface area (Å²) in [7, 11) is 0. The minimum absolute atomic E-state index is 0.119. The van der Waals surface area contributed by atoms with Crippen LogP contribution >= 0.6 is 0 Å². The van der Waals surface area contributed by atoms with Gasteiger partial charge < -0.3 is 10.6 Å². The van der Waals surface area contributed by atoms with Gasteiger partial charge in [0.05, 0.1) is 0 Å². The zero-order valence-electron chi connectivity index (χ0n) is 12.5. The normalized spacial score (nSPS) is 28.1. The van der Waals surface area contributed by atoms with E-state index in [4.69, 9.17) is 0 Å². The van der Waals surface area contributed by atoms with Gasteiger partial charge in [-0.1, -0.05) is 0 Å². The molecule has 114 valence electrons. The van der Waals surface area contributed by atoms with E-state index in [0.717, 1.165) is 65.0 Å². The van der Waals surface area contributed by atoms with Gasteiger partial charge in [-0.3, -0.25) is 14.5 Å². The van der Waals surface area contributed by atoms with Crippen molar-refractivity contribution in [3.8, 4) is 0 Å². The molecule has 0 spiro atoms. The van der Waals surface area contributed by atoms with Crippen LogP contribution in [0.25, 0.3) is 0 Å². The van der Waals surface area contributed by atoms with Crippen LogP contribution in [0.3, 0.4) is 0 Å². The molecule has 5 heteroatoms. The summed E-state index contributed by atoms with van der Waals surface area (Å²) in [5.41, 5.74) is 0. The topological polar surface area (TPSA) is 61.4 Å². The molecule has 0 aromatic heterocycles. The molecule has 1 aliphatic carbocycles. The molecule has 1 heterocycles. The molecule has 0 atom stereocenters. The molecule has 0 bridgehead atoms. The minimum atomic E-state index is 0.119. The first-order valence-corrected chi connectivity index (χ1v) is 7.88. The molecular weight excluding hydrogens is 254 g/mol. The number of Topliss-reactive ketones (excluding diaryl/α,β-unsaturated/α-hetero) is 1. The summed E-state index contributed by atoms with van der Waals surface area (Å²) >= 11 is 0. The Morgan fingerprint density at radius 1 is 1.10 bits per heavy atom. The first-order chi connectivity index (χ1) is 9.66. The fourth-order valence-corrected chi connectivity index (χ4v) is 3.18. The van der Waals surface area contributed by atoms with Gasteiger partial charge in [0.15, 0.2) is 0 Å². The molecule has 5 nitrogen and oxygen atoms in total. The maximum Gasteiger partial charge on any atom is 0.223 e. The van der Waals surface area contributed by atoms with E-state index in [9.17, 15) is 9.59 Å². The minimum Gasteiger partial charge on any atom is -0.355 e. The fraction of sp³-hybridized carbons (Fsp3) is 0.867. The number of amides is 1. The number of ketones is 1. The lowest BCUT2D eigenvalue weighted by Gasteiger charge is -2.28. The molecule has 2 N–H and O–H groups in total. The second kappa shape index (κ2) is 7.74. The molecule has 1 saturated carbocycles. The summed E-state index contributed by atoms with van der Waals surface area (Å²) in [5, 5.41) is 6.38. The van der Waals surface area contributed by atoms with Crippen LogP contribution in [0.4, 0.5) is 0 Å². The van der Waals surface area contributed by atoms with Crippen molar-refractivity contribution in [3.05, 3.63) is 0 Å². The van der Waals surface area contributed by atoms with E-state index in [-0.39, 0.29) is 23.5 Å². The van der Waals surface area contributed by atoms with Crippen molar-refractivity contribution >= 4 is 11.7 Å². The summed E-state index contributed by atoms with van der Waals surface area (Å²) < 4.78 is 0. The van der Waals surface area contributed by atoms with Crippen LogP contribution in [0, 0.1) is 11.8 Å². The Hall–Kier alpha value is -0.940. The van der Waals surface area contributed by atoms with E-state index in [1.807, 2.05) is 0 Å². The number of nitrogens with one attached hydrogen (secondary N) is 2. The van der Waals surface area contributed by atoms with Crippen molar-refractivity contribution in [3.63, 3.8) is 0 Å². The summed E-state index contributed by atoms with van der Waals surface area (Å²) in [6.45, 7) is 7.57. The standard InChI is InChI=1S/C15H27N3O2/c1-12(19)13-2-4-14(5-3-13)15(20)17-8-11-18-9-6-16-7-10-18/h13-14,16H,2-11H2,1H3,(H,17,20). The van der Waals surface area contributed by atoms with Crippen LogP contribution in [0.15, 0.2) is 0 Å². The molecule has 2 rings (SSSR count). The van der Waals surface area contributed by atoms with Gasteiger partial charge in [-0.15, -0.1) is 0 Å². The molecule has 1 amide bonds. The second-order valence-corrected chi connectivity index (χ2v) is 6.04. The summed E-state index contributed by atoms with van der Waals surface area (Å²) in [4.78, 5) is 25.8. The number of rotatable bonds is 5. The van der Waals surface area contributed by atoms with Crippen molar-refractivity contribution in [1.29, 1.82) is 0 Å². The lowest BCUT2D eigenvalue weighted by Crippen LogP contribution is -2.46. The lowest BCUT2D eigenvalue weighted by molar-refractivity contribution is -0.128. The predicted octanol–water partition coefficient (Wildman–Crippen LogP) is 0.403. The van der Waals surface area contributed by atoms with Gasteiger partial charge in [-0.25, -0.2) is 0 Å². The maximum atomic E-state index is 12.1. The SMILES string of the molecule is CC(=O)C1CCC(C(=O)NCCN2CCNCC2)CC1. The van der Waals surface area contributed by atoms with Crippen molar-refractivity contribution < 1.29 is 9.59 Å².